The predicted octanol–water partition coefficient (Wildman–Crippen LogP) is 4.82. The number of nitrogens with zero attached hydrogens (tertiary/aromatic N) is 3. The predicted molar refractivity (Wildman–Crippen MR) is 110 cm³/mol. The molecular weight excluding hydrogens is 380 g/mol. The van der Waals surface area contributed by atoms with Crippen LogP contribution in [0.15, 0.2) is 59.8 Å². The zero-order chi connectivity index (χ0) is 19.1. The lowest BCUT2D eigenvalue weighted by Crippen LogP contribution is -2.16. The first-order valence-electron chi connectivity index (χ1n) is 8.80. The lowest BCUT2D eigenvalue weighted by molar-refractivity contribution is -0.116. The minimum Gasteiger partial charge on any atom is -0.295 e. The van der Waals surface area contributed by atoms with Gasteiger partial charge in [0.15, 0.2) is 5.16 Å². The number of hydrogen-bond acceptors (Lipinski definition) is 4. The van der Waals surface area contributed by atoms with Gasteiger partial charge in [0.25, 0.3) is 0 Å². The lowest BCUT2D eigenvalue weighted by atomic mass is 10.1. The number of rotatable bonds is 8. The van der Waals surface area contributed by atoms with Crippen molar-refractivity contribution in [3.05, 3.63) is 70.7 Å². The zero-order valence-corrected chi connectivity index (χ0v) is 16.6. The average Bonchev–Trinajstić information content (AvgIpc) is 3.08. The molecular formula is C20H21ClN4OS. The van der Waals surface area contributed by atoms with E-state index in [-0.39, 0.29) is 5.91 Å². The molecule has 1 N–H and O–H groups in total. The molecule has 0 saturated heterocycles. The van der Waals surface area contributed by atoms with Gasteiger partial charge in [0.2, 0.25) is 11.9 Å². The summed E-state index contributed by atoms with van der Waals surface area (Å²) in [4.78, 5) is 12.3. The summed E-state index contributed by atoms with van der Waals surface area (Å²) in [5.41, 5.74) is 2.18. The standard InChI is InChI=1S/C20H21ClN4OS/c1-2-25-19(22-18(26)13-12-15-8-4-3-5-9-15)23-24-20(25)27-14-16-10-6-7-11-17(16)21/h3-11H,2,12-14H2,1H3,(H,22,23,26). The van der Waals surface area contributed by atoms with E-state index in [1.165, 1.54) is 0 Å². The molecule has 1 heterocycles. The van der Waals surface area contributed by atoms with E-state index >= 15 is 0 Å². The summed E-state index contributed by atoms with van der Waals surface area (Å²) in [6.07, 6.45) is 1.10. The number of nitrogens with one attached hydrogen (secondary N) is 1. The molecule has 3 rings (SSSR count). The largest absolute Gasteiger partial charge is 0.295 e. The van der Waals surface area contributed by atoms with Crippen molar-refractivity contribution < 1.29 is 4.79 Å². The van der Waals surface area contributed by atoms with Crippen LogP contribution in [0.2, 0.25) is 5.02 Å². The fourth-order valence-electron chi connectivity index (χ4n) is 2.62. The maximum absolute atomic E-state index is 12.3. The smallest absolute Gasteiger partial charge is 0.231 e. The maximum Gasteiger partial charge on any atom is 0.231 e. The number of thioether (sulfide) groups is 1. The number of aryl methyl sites for hydroxylation is 1. The monoisotopic (exact) mass is 400 g/mol. The molecule has 7 heteroatoms. The zero-order valence-electron chi connectivity index (χ0n) is 15.1. The Hall–Kier alpha value is -2.31. The summed E-state index contributed by atoms with van der Waals surface area (Å²) < 4.78 is 1.90. The van der Waals surface area contributed by atoms with Crippen molar-refractivity contribution in [2.75, 3.05) is 5.32 Å². The van der Waals surface area contributed by atoms with Crippen LogP contribution in [-0.2, 0) is 23.5 Å². The van der Waals surface area contributed by atoms with Gasteiger partial charge in [-0.25, -0.2) is 0 Å². The molecule has 0 spiro atoms. The van der Waals surface area contributed by atoms with Crippen LogP contribution in [0.4, 0.5) is 5.95 Å². The van der Waals surface area contributed by atoms with Gasteiger partial charge in [0.1, 0.15) is 0 Å². The van der Waals surface area contributed by atoms with E-state index in [0.717, 1.165) is 21.3 Å². The Morgan fingerprint density at radius 3 is 2.59 bits per heavy atom. The van der Waals surface area contributed by atoms with Crippen LogP contribution < -0.4 is 5.32 Å². The molecule has 2 aromatic carbocycles. The van der Waals surface area contributed by atoms with Crippen molar-refractivity contribution >= 4 is 35.2 Å². The van der Waals surface area contributed by atoms with Crippen LogP contribution in [0.5, 0.6) is 0 Å². The van der Waals surface area contributed by atoms with Crippen LogP contribution in [0.3, 0.4) is 0 Å². The first-order chi connectivity index (χ1) is 13.2. The van der Waals surface area contributed by atoms with Gasteiger partial charge in [-0.2, -0.15) is 0 Å². The number of aromatic nitrogens is 3. The summed E-state index contributed by atoms with van der Waals surface area (Å²) >= 11 is 7.76. The first-order valence-corrected chi connectivity index (χ1v) is 10.2. The summed E-state index contributed by atoms with van der Waals surface area (Å²) in [5.74, 6) is 1.11. The quantitative estimate of drug-likeness (QED) is 0.551. The van der Waals surface area contributed by atoms with Crippen LogP contribution >= 0.6 is 23.4 Å². The van der Waals surface area contributed by atoms with Gasteiger partial charge in [0, 0.05) is 23.7 Å². The summed E-state index contributed by atoms with van der Waals surface area (Å²) in [6.45, 7) is 2.68. The highest BCUT2D eigenvalue weighted by Crippen LogP contribution is 2.27. The fourth-order valence-corrected chi connectivity index (χ4v) is 3.91. The maximum atomic E-state index is 12.3. The minimum absolute atomic E-state index is 0.0661. The molecule has 0 atom stereocenters. The van der Waals surface area contributed by atoms with E-state index < -0.39 is 0 Å². The third-order valence-corrected chi connectivity index (χ3v) is 5.47. The number of hydrogen-bond donors (Lipinski definition) is 1. The van der Waals surface area contributed by atoms with E-state index in [1.54, 1.807) is 11.8 Å². The van der Waals surface area contributed by atoms with E-state index in [0.29, 0.717) is 31.1 Å². The Kier molecular flexibility index (Phi) is 6.90. The van der Waals surface area contributed by atoms with Gasteiger partial charge in [-0.05, 0) is 30.5 Å². The van der Waals surface area contributed by atoms with Gasteiger partial charge in [0.05, 0.1) is 0 Å². The Morgan fingerprint density at radius 2 is 1.85 bits per heavy atom. The van der Waals surface area contributed by atoms with Crippen LogP contribution in [-0.4, -0.2) is 20.7 Å². The molecule has 0 saturated carbocycles. The van der Waals surface area contributed by atoms with Gasteiger partial charge in [-0.3, -0.25) is 14.7 Å². The molecule has 0 aliphatic heterocycles. The first kappa shape index (κ1) is 19.5. The molecule has 0 aliphatic carbocycles. The molecule has 0 bridgehead atoms. The third-order valence-electron chi connectivity index (χ3n) is 4.08. The Balaban J connectivity index is 1.59. The van der Waals surface area contributed by atoms with Crippen molar-refractivity contribution in [2.24, 2.45) is 0 Å². The number of carbonyl (C=O) groups excluding carboxylic acids is 1. The molecule has 1 aromatic heterocycles. The molecule has 0 radical (unpaired) electrons. The van der Waals surface area contributed by atoms with Gasteiger partial charge in [-0.1, -0.05) is 71.9 Å². The van der Waals surface area contributed by atoms with Crippen molar-refractivity contribution in [2.45, 2.75) is 37.2 Å². The number of carbonyl (C=O) groups is 1. The molecule has 1 amide bonds. The molecule has 0 unspecified atom stereocenters. The van der Waals surface area contributed by atoms with Crippen LogP contribution in [0.1, 0.15) is 24.5 Å². The Morgan fingerprint density at radius 1 is 1.11 bits per heavy atom. The lowest BCUT2D eigenvalue weighted by Gasteiger charge is -2.09. The van der Waals surface area contributed by atoms with E-state index in [1.807, 2.05) is 66.1 Å². The molecule has 0 fully saturated rings. The number of anilines is 1. The molecule has 5 nitrogen and oxygen atoms in total. The Labute approximate surface area is 168 Å². The topological polar surface area (TPSA) is 59.8 Å². The van der Waals surface area contributed by atoms with Gasteiger partial charge >= 0.3 is 0 Å². The van der Waals surface area contributed by atoms with E-state index in [9.17, 15) is 4.79 Å². The van der Waals surface area contributed by atoms with Crippen LogP contribution in [0, 0.1) is 0 Å². The average molecular weight is 401 g/mol. The van der Waals surface area contributed by atoms with E-state index in [2.05, 4.69) is 15.5 Å². The molecule has 0 aliphatic rings. The molecule has 3 aromatic rings. The highest BCUT2D eigenvalue weighted by molar-refractivity contribution is 7.98. The summed E-state index contributed by atoms with van der Waals surface area (Å²) in [6, 6.07) is 17.7. The Bertz CT molecular complexity index is 898. The number of halogens is 1. The van der Waals surface area contributed by atoms with Crippen molar-refractivity contribution in [1.29, 1.82) is 0 Å². The second-order valence-electron chi connectivity index (χ2n) is 5.96. The summed E-state index contributed by atoms with van der Waals surface area (Å²) in [7, 11) is 0. The van der Waals surface area contributed by atoms with Crippen molar-refractivity contribution in [3.8, 4) is 0 Å². The highest BCUT2D eigenvalue weighted by Gasteiger charge is 2.14. The fraction of sp³-hybridized carbons (Fsp3) is 0.250. The van der Waals surface area contributed by atoms with Gasteiger partial charge < -0.3 is 0 Å². The molecule has 27 heavy (non-hydrogen) atoms. The number of benzene rings is 2. The normalized spacial score (nSPS) is 10.7. The van der Waals surface area contributed by atoms with Gasteiger partial charge in [-0.15, -0.1) is 10.2 Å². The van der Waals surface area contributed by atoms with E-state index in [4.69, 9.17) is 11.6 Å². The number of amides is 1. The SMILES string of the molecule is CCn1c(NC(=O)CCc2ccccc2)nnc1SCc1ccccc1Cl. The minimum atomic E-state index is -0.0661. The second-order valence-corrected chi connectivity index (χ2v) is 7.31. The molecule has 140 valence electrons. The van der Waals surface area contributed by atoms with Crippen LogP contribution in [0.25, 0.3) is 0 Å². The summed E-state index contributed by atoms with van der Waals surface area (Å²) in [5, 5.41) is 12.7. The van der Waals surface area contributed by atoms with Crippen molar-refractivity contribution in [3.63, 3.8) is 0 Å². The second kappa shape index (κ2) is 9.58. The highest BCUT2D eigenvalue weighted by atomic mass is 35.5. The third kappa shape index (κ3) is 5.34. The van der Waals surface area contributed by atoms with Crippen molar-refractivity contribution in [1.82, 2.24) is 14.8 Å².